The second kappa shape index (κ2) is 5.94. The lowest BCUT2D eigenvalue weighted by molar-refractivity contribution is 1.12. The highest BCUT2D eigenvalue weighted by Gasteiger charge is 2.14. The van der Waals surface area contributed by atoms with Crippen LogP contribution in [0.1, 0.15) is 11.4 Å². The van der Waals surface area contributed by atoms with E-state index in [2.05, 4.69) is 15.0 Å². The molecule has 25 heavy (non-hydrogen) atoms. The van der Waals surface area contributed by atoms with E-state index < -0.39 is 0 Å². The number of hydrogen-bond acceptors (Lipinski definition) is 4. The van der Waals surface area contributed by atoms with Gasteiger partial charge in [-0.2, -0.15) is 0 Å². The topological polar surface area (TPSA) is 71.5 Å². The Hall–Kier alpha value is -3.34. The van der Waals surface area contributed by atoms with Crippen molar-refractivity contribution in [2.24, 2.45) is 0 Å². The molecular formula is C20H16N4O. The summed E-state index contributed by atoms with van der Waals surface area (Å²) in [5.41, 5.74) is 5.93. The third-order valence-electron chi connectivity index (χ3n) is 4.07. The van der Waals surface area contributed by atoms with Gasteiger partial charge in [0.05, 0.1) is 11.1 Å². The number of pyridine rings is 4. The van der Waals surface area contributed by atoms with E-state index in [9.17, 15) is 4.79 Å². The normalized spacial score (nSPS) is 11.0. The van der Waals surface area contributed by atoms with Gasteiger partial charge in [-0.25, -0.2) is 4.98 Å². The molecule has 4 aromatic rings. The van der Waals surface area contributed by atoms with Gasteiger partial charge in [-0.1, -0.05) is 0 Å². The lowest BCUT2D eigenvalue weighted by atomic mass is 9.98. The number of fused-ring (bicyclic) bond motifs is 1. The highest BCUT2D eigenvalue weighted by Crippen LogP contribution is 2.32. The summed E-state index contributed by atoms with van der Waals surface area (Å²) in [5.74, 6) is 0. The lowest BCUT2D eigenvalue weighted by Gasteiger charge is -2.12. The summed E-state index contributed by atoms with van der Waals surface area (Å²) >= 11 is 0. The SMILES string of the molecule is Cc1cc(-c2cc3c(=O)cc[nH]c3nc2-c2cccnc2)cc(C)n1. The van der Waals surface area contributed by atoms with E-state index in [1.807, 2.05) is 44.2 Å². The Morgan fingerprint density at radius 3 is 2.48 bits per heavy atom. The first-order valence-electron chi connectivity index (χ1n) is 8.00. The Bertz CT molecular complexity index is 1110. The van der Waals surface area contributed by atoms with E-state index in [-0.39, 0.29) is 5.43 Å². The van der Waals surface area contributed by atoms with Gasteiger partial charge in [0, 0.05) is 47.2 Å². The van der Waals surface area contributed by atoms with Crippen molar-refractivity contribution >= 4 is 11.0 Å². The Morgan fingerprint density at radius 1 is 0.960 bits per heavy atom. The molecule has 0 unspecified atom stereocenters. The molecule has 1 N–H and O–H groups in total. The molecule has 0 aliphatic carbocycles. The van der Waals surface area contributed by atoms with Crippen molar-refractivity contribution in [3.05, 3.63) is 76.6 Å². The molecule has 0 spiro atoms. The van der Waals surface area contributed by atoms with Crippen LogP contribution in [0.3, 0.4) is 0 Å². The molecule has 0 bridgehead atoms. The number of aromatic nitrogens is 4. The fourth-order valence-corrected chi connectivity index (χ4v) is 3.03. The Labute approximate surface area is 144 Å². The number of nitrogens with zero attached hydrogens (tertiary/aromatic N) is 3. The molecule has 4 rings (SSSR count). The summed E-state index contributed by atoms with van der Waals surface area (Å²) < 4.78 is 0. The average molecular weight is 328 g/mol. The maximum absolute atomic E-state index is 12.3. The Kier molecular flexibility index (Phi) is 3.61. The minimum Gasteiger partial charge on any atom is -0.346 e. The van der Waals surface area contributed by atoms with Gasteiger partial charge in [0.2, 0.25) is 0 Å². The van der Waals surface area contributed by atoms with Crippen LogP contribution in [-0.4, -0.2) is 19.9 Å². The van der Waals surface area contributed by atoms with Gasteiger partial charge < -0.3 is 4.98 Å². The number of nitrogens with one attached hydrogen (secondary N) is 1. The van der Waals surface area contributed by atoms with Crippen molar-refractivity contribution in [1.29, 1.82) is 0 Å². The van der Waals surface area contributed by atoms with Crippen molar-refractivity contribution in [2.75, 3.05) is 0 Å². The summed E-state index contributed by atoms with van der Waals surface area (Å²) in [6, 6.07) is 11.3. The van der Waals surface area contributed by atoms with Crippen molar-refractivity contribution in [2.45, 2.75) is 13.8 Å². The van der Waals surface area contributed by atoms with E-state index in [1.165, 1.54) is 6.07 Å². The summed E-state index contributed by atoms with van der Waals surface area (Å²) in [6.07, 6.45) is 5.12. The average Bonchev–Trinajstić information content (AvgIpc) is 2.61. The van der Waals surface area contributed by atoms with Crippen LogP contribution >= 0.6 is 0 Å². The Morgan fingerprint density at radius 2 is 1.76 bits per heavy atom. The van der Waals surface area contributed by atoms with E-state index in [0.29, 0.717) is 11.0 Å². The number of H-pyrrole nitrogens is 1. The molecule has 4 heterocycles. The van der Waals surface area contributed by atoms with Crippen molar-refractivity contribution in [3.63, 3.8) is 0 Å². The molecule has 0 amide bonds. The predicted octanol–water partition coefficient (Wildman–Crippen LogP) is 3.66. The fraction of sp³-hybridized carbons (Fsp3) is 0.100. The third-order valence-corrected chi connectivity index (χ3v) is 4.07. The highest BCUT2D eigenvalue weighted by atomic mass is 16.1. The maximum atomic E-state index is 12.3. The predicted molar refractivity (Wildman–Crippen MR) is 98.3 cm³/mol. The molecule has 5 nitrogen and oxygen atoms in total. The summed E-state index contributed by atoms with van der Waals surface area (Å²) in [5, 5.41) is 0.567. The zero-order chi connectivity index (χ0) is 17.4. The molecule has 0 radical (unpaired) electrons. The van der Waals surface area contributed by atoms with Crippen LogP contribution in [0.2, 0.25) is 0 Å². The van der Waals surface area contributed by atoms with Crippen LogP contribution in [0, 0.1) is 13.8 Å². The maximum Gasteiger partial charge on any atom is 0.191 e. The van der Waals surface area contributed by atoms with Gasteiger partial charge in [-0.15, -0.1) is 0 Å². The molecule has 0 atom stereocenters. The molecule has 0 aromatic carbocycles. The second-order valence-electron chi connectivity index (χ2n) is 6.00. The van der Waals surface area contributed by atoms with Crippen LogP contribution in [0.25, 0.3) is 33.4 Å². The van der Waals surface area contributed by atoms with Crippen molar-refractivity contribution in [1.82, 2.24) is 19.9 Å². The van der Waals surface area contributed by atoms with Gasteiger partial charge in [0.1, 0.15) is 5.65 Å². The third kappa shape index (κ3) is 2.80. The van der Waals surface area contributed by atoms with Crippen LogP contribution in [0.4, 0.5) is 0 Å². The fourth-order valence-electron chi connectivity index (χ4n) is 3.03. The quantitative estimate of drug-likeness (QED) is 0.609. The van der Waals surface area contributed by atoms with Crippen molar-refractivity contribution < 1.29 is 0 Å². The van der Waals surface area contributed by atoms with E-state index >= 15 is 0 Å². The standard InChI is InChI=1S/C20H16N4O/c1-12-8-15(9-13(2)23-12)16-10-17-18(25)5-7-22-20(17)24-19(16)14-4-3-6-21-11-14/h3-11H,1-2H3,(H,22,24,25). The largest absolute Gasteiger partial charge is 0.346 e. The Balaban J connectivity index is 2.10. The molecule has 0 fully saturated rings. The van der Waals surface area contributed by atoms with Crippen LogP contribution < -0.4 is 5.43 Å². The zero-order valence-electron chi connectivity index (χ0n) is 13.9. The molecule has 122 valence electrons. The van der Waals surface area contributed by atoms with Crippen LogP contribution in [-0.2, 0) is 0 Å². The number of rotatable bonds is 2. The second-order valence-corrected chi connectivity index (χ2v) is 6.00. The van der Waals surface area contributed by atoms with Gasteiger partial charge in [0.25, 0.3) is 0 Å². The van der Waals surface area contributed by atoms with Gasteiger partial charge in [-0.05, 0) is 49.7 Å². The monoisotopic (exact) mass is 328 g/mol. The molecule has 0 aliphatic heterocycles. The molecule has 4 aromatic heterocycles. The smallest absolute Gasteiger partial charge is 0.191 e. The van der Waals surface area contributed by atoms with E-state index in [0.717, 1.165) is 33.8 Å². The van der Waals surface area contributed by atoms with Gasteiger partial charge in [-0.3, -0.25) is 14.8 Å². The molecule has 0 saturated heterocycles. The van der Waals surface area contributed by atoms with Gasteiger partial charge in [0.15, 0.2) is 5.43 Å². The highest BCUT2D eigenvalue weighted by molar-refractivity contribution is 5.89. The molecule has 0 saturated carbocycles. The number of hydrogen-bond donors (Lipinski definition) is 1. The first kappa shape index (κ1) is 15.2. The first-order valence-corrected chi connectivity index (χ1v) is 8.00. The van der Waals surface area contributed by atoms with Crippen molar-refractivity contribution in [3.8, 4) is 22.4 Å². The summed E-state index contributed by atoms with van der Waals surface area (Å²) in [6.45, 7) is 3.92. The minimum atomic E-state index is -0.0530. The van der Waals surface area contributed by atoms with Gasteiger partial charge >= 0.3 is 0 Å². The molecule has 5 heteroatoms. The number of aryl methyl sites for hydroxylation is 2. The summed E-state index contributed by atoms with van der Waals surface area (Å²) in [7, 11) is 0. The van der Waals surface area contributed by atoms with E-state index in [1.54, 1.807) is 18.6 Å². The first-order chi connectivity index (χ1) is 12.1. The molecular weight excluding hydrogens is 312 g/mol. The van der Waals surface area contributed by atoms with E-state index in [4.69, 9.17) is 4.98 Å². The number of aromatic amines is 1. The lowest BCUT2D eigenvalue weighted by Crippen LogP contribution is -2.03. The minimum absolute atomic E-state index is 0.0530. The zero-order valence-corrected chi connectivity index (χ0v) is 13.9. The molecule has 0 aliphatic rings. The van der Waals surface area contributed by atoms with Crippen LogP contribution in [0.5, 0.6) is 0 Å². The summed E-state index contributed by atoms with van der Waals surface area (Å²) in [4.78, 5) is 28.7. The van der Waals surface area contributed by atoms with Crippen LogP contribution in [0.15, 0.2) is 59.8 Å².